The van der Waals surface area contributed by atoms with Gasteiger partial charge < -0.3 is 5.32 Å². The molecule has 4 heteroatoms. The van der Waals surface area contributed by atoms with Crippen LogP contribution in [-0.2, 0) is 6.54 Å². The average molecular weight is 268 g/mol. The van der Waals surface area contributed by atoms with E-state index < -0.39 is 0 Å². The summed E-state index contributed by atoms with van der Waals surface area (Å²) in [6, 6.07) is 12.3. The smallest absolute Gasteiger partial charge is 0.0645 e. The molecule has 0 radical (unpaired) electrons. The number of benzene rings is 1. The first-order chi connectivity index (χ1) is 9.81. The predicted molar refractivity (Wildman–Crippen MR) is 79.5 cm³/mol. The second-order valence-electron chi connectivity index (χ2n) is 4.81. The van der Waals surface area contributed by atoms with E-state index in [1.165, 1.54) is 5.56 Å². The number of nitrogens with zero attached hydrogens (tertiary/aromatic N) is 3. The third-order valence-electron chi connectivity index (χ3n) is 3.23. The molecule has 104 valence electrons. The summed E-state index contributed by atoms with van der Waals surface area (Å²) in [5, 5.41) is 16.4. The van der Waals surface area contributed by atoms with Crippen LogP contribution in [0.3, 0.4) is 0 Å². The summed E-state index contributed by atoms with van der Waals surface area (Å²) in [7, 11) is 0. The van der Waals surface area contributed by atoms with Crippen molar-refractivity contribution >= 4 is 0 Å². The molecule has 0 saturated carbocycles. The van der Waals surface area contributed by atoms with Gasteiger partial charge in [-0.3, -0.25) is 0 Å². The molecule has 1 aromatic carbocycles. The molecule has 2 aromatic rings. The maximum Gasteiger partial charge on any atom is 0.0645 e. The number of para-hydroxylation sites is 1. The molecule has 0 amide bonds. The predicted octanol–water partition coefficient (Wildman–Crippen LogP) is 2.96. The van der Waals surface area contributed by atoms with Crippen molar-refractivity contribution < 1.29 is 0 Å². The second kappa shape index (κ2) is 7.46. The van der Waals surface area contributed by atoms with Crippen molar-refractivity contribution in [3.8, 4) is 11.8 Å². The molecule has 0 saturated heterocycles. The molecule has 0 atom stereocenters. The number of hydrogen-bond donors (Lipinski definition) is 1. The monoisotopic (exact) mass is 268 g/mol. The summed E-state index contributed by atoms with van der Waals surface area (Å²) in [6.07, 6.45) is 4.73. The van der Waals surface area contributed by atoms with Crippen molar-refractivity contribution in [2.45, 2.75) is 32.7 Å². The van der Waals surface area contributed by atoms with E-state index in [9.17, 15) is 0 Å². The van der Waals surface area contributed by atoms with Crippen LogP contribution in [0.4, 0.5) is 0 Å². The highest BCUT2D eigenvalue weighted by atomic mass is 15.3. The van der Waals surface area contributed by atoms with Crippen LogP contribution < -0.4 is 5.32 Å². The number of unbranched alkanes of at least 4 members (excludes halogenated alkanes) is 2. The Hall–Kier alpha value is -2.12. The number of aromatic nitrogens is 2. The normalized spacial score (nSPS) is 10.4. The van der Waals surface area contributed by atoms with Gasteiger partial charge in [0.05, 0.1) is 17.5 Å². The quantitative estimate of drug-likeness (QED) is 0.785. The lowest BCUT2D eigenvalue weighted by Gasteiger charge is -2.02. The molecular formula is C16H20N4. The van der Waals surface area contributed by atoms with Crippen LogP contribution in [0.5, 0.6) is 0 Å². The van der Waals surface area contributed by atoms with Crippen molar-refractivity contribution in [1.82, 2.24) is 15.1 Å². The molecule has 0 spiro atoms. The van der Waals surface area contributed by atoms with Crippen molar-refractivity contribution in [3.05, 3.63) is 47.8 Å². The molecule has 0 aliphatic carbocycles. The summed E-state index contributed by atoms with van der Waals surface area (Å²) in [5.41, 5.74) is 3.35. The van der Waals surface area contributed by atoms with Crippen LogP contribution in [0.2, 0.25) is 0 Å². The molecule has 0 fully saturated rings. The Kier molecular flexibility index (Phi) is 5.33. The highest BCUT2D eigenvalue weighted by Gasteiger charge is 2.05. The van der Waals surface area contributed by atoms with Gasteiger partial charge in [0.25, 0.3) is 0 Å². The number of nitriles is 1. The van der Waals surface area contributed by atoms with Crippen molar-refractivity contribution in [3.63, 3.8) is 0 Å². The van der Waals surface area contributed by atoms with Crippen molar-refractivity contribution in [2.75, 3.05) is 6.54 Å². The lowest BCUT2D eigenvalue weighted by atomic mass is 10.2. The minimum absolute atomic E-state index is 0.645. The van der Waals surface area contributed by atoms with Gasteiger partial charge in [-0.15, -0.1) is 0 Å². The van der Waals surface area contributed by atoms with Crippen molar-refractivity contribution in [2.24, 2.45) is 0 Å². The number of rotatable bonds is 7. The maximum absolute atomic E-state index is 8.47. The van der Waals surface area contributed by atoms with Crippen LogP contribution in [0, 0.1) is 18.3 Å². The zero-order valence-electron chi connectivity index (χ0n) is 11.8. The van der Waals surface area contributed by atoms with Gasteiger partial charge in [-0.05, 0) is 38.4 Å². The van der Waals surface area contributed by atoms with Gasteiger partial charge in [-0.1, -0.05) is 18.2 Å². The van der Waals surface area contributed by atoms with E-state index >= 15 is 0 Å². The molecule has 0 aliphatic rings. The Morgan fingerprint density at radius 1 is 1.25 bits per heavy atom. The standard InChI is InChI=1S/C16H20N4/c1-14-15(12-18-11-7-3-6-10-17)13-20(19-14)16-8-4-2-5-9-16/h2,4-5,8-9,13,18H,3,6-7,11-12H2,1H3. The first-order valence-electron chi connectivity index (χ1n) is 6.99. The third-order valence-corrected chi connectivity index (χ3v) is 3.23. The lowest BCUT2D eigenvalue weighted by molar-refractivity contribution is 0.627. The summed E-state index contributed by atoms with van der Waals surface area (Å²) < 4.78 is 1.92. The fourth-order valence-corrected chi connectivity index (χ4v) is 2.06. The molecule has 1 aromatic heterocycles. The molecule has 20 heavy (non-hydrogen) atoms. The van der Waals surface area contributed by atoms with Crippen LogP contribution in [-0.4, -0.2) is 16.3 Å². The summed E-state index contributed by atoms with van der Waals surface area (Å²) >= 11 is 0. The summed E-state index contributed by atoms with van der Waals surface area (Å²) in [6.45, 7) is 3.80. The van der Waals surface area contributed by atoms with Crippen LogP contribution >= 0.6 is 0 Å². The first kappa shape index (κ1) is 14.3. The van der Waals surface area contributed by atoms with Gasteiger partial charge in [0.15, 0.2) is 0 Å². The van der Waals surface area contributed by atoms with E-state index in [-0.39, 0.29) is 0 Å². The Bertz CT molecular complexity index is 566. The van der Waals surface area contributed by atoms with Gasteiger partial charge in [0, 0.05) is 24.7 Å². The minimum atomic E-state index is 0.645. The van der Waals surface area contributed by atoms with E-state index in [2.05, 4.69) is 22.7 Å². The molecule has 1 N–H and O–H groups in total. The van der Waals surface area contributed by atoms with Crippen molar-refractivity contribution in [1.29, 1.82) is 5.26 Å². The number of nitrogens with one attached hydrogen (secondary N) is 1. The van der Waals surface area contributed by atoms with Gasteiger partial charge in [0.2, 0.25) is 0 Å². The Balaban J connectivity index is 1.87. The van der Waals surface area contributed by atoms with E-state index in [1.54, 1.807) is 0 Å². The minimum Gasteiger partial charge on any atom is -0.313 e. The molecule has 2 rings (SSSR count). The maximum atomic E-state index is 8.47. The fourth-order valence-electron chi connectivity index (χ4n) is 2.06. The van der Waals surface area contributed by atoms with Crippen LogP contribution in [0.1, 0.15) is 30.5 Å². The highest BCUT2D eigenvalue weighted by molar-refractivity contribution is 5.32. The van der Waals surface area contributed by atoms with E-state index in [0.29, 0.717) is 6.42 Å². The molecule has 0 aliphatic heterocycles. The zero-order chi connectivity index (χ0) is 14.2. The fraction of sp³-hybridized carbons (Fsp3) is 0.375. The lowest BCUT2D eigenvalue weighted by Crippen LogP contribution is -2.14. The van der Waals surface area contributed by atoms with Crippen LogP contribution in [0.15, 0.2) is 36.5 Å². The van der Waals surface area contributed by atoms with E-state index in [1.807, 2.05) is 41.9 Å². The van der Waals surface area contributed by atoms with Gasteiger partial charge in [0.1, 0.15) is 0 Å². The summed E-state index contributed by atoms with van der Waals surface area (Å²) in [4.78, 5) is 0. The van der Waals surface area contributed by atoms with Gasteiger partial charge in [-0.25, -0.2) is 4.68 Å². The molecule has 1 heterocycles. The zero-order valence-corrected chi connectivity index (χ0v) is 11.8. The molecule has 0 unspecified atom stereocenters. The Morgan fingerprint density at radius 3 is 2.80 bits per heavy atom. The average Bonchev–Trinajstić information content (AvgIpc) is 2.85. The Morgan fingerprint density at radius 2 is 2.05 bits per heavy atom. The molecule has 4 nitrogen and oxygen atoms in total. The van der Waals surface area contributed by atoms with E-state index in [4.69, 9.17) is 5.26 Å². The van der Waals surface area contributed by atoms with Crippen LogP contribution in [0.25, 0.3) is 5.69 Å². The molecular weight excluding hydrogens is 248 g/mol. The van der Waals surface area contributed by atoms with Gasteiger partial charge >= 0.3 is 0 Å². The number of aryl methyl sites for hydroxylation is 1. The Labute approximate surface area is 120 Å². The largest absolute Gasteiger partial charge is 0.313 e. The highest BCUT2D eigenvalue weighted by Crippen LogP contribution is 2.11. The van der Waals surface area contributed by atoms with E-state index in [0.717, 1.165) is 37.3 Å². The SMILES string of the molecule is Cc1nn(-c2ccccc2)cc1CNCCCCC#N. The van der Waals surface area contributed by atoms with Gasteiger partial charge in [-0.2, -0.15) is 10.4 Å². The molecule has 0 bridgehead atoms. The summed E-state index contributed by atoms with van der Waals surface area (Å²) in [5.74, 6) is 0. The topological polar surface area (TPSA) is 53.6 Å². The third kappa shape index (κ3) is 3.94. The number of hydrogen-bond acceptors (Lipinski definition) is 3. The second-order valence-corrected chi connectivity index (χ2v) is 4.81. The first-order valence-corrected chi connectivity index (χ1v) is 6.99.